The highest BCUT2D eigenvalue weighted by Gasteiger charge is 2.33. The summed E-state index contributed by atoms with van der Waals surface area (Å²) in [6.45, 7) is 4.28. The van der Waals surface area contributed by atoms with E-state index in [2.05, 4.69) is 10.6 Å². The van der Waals surface area contributed by atoms with Crippen LogP contribution in [-0.2, 0) is 4.79 Å². The van der Waals surface area contributed by atoms with Gasteiger partial charge in [-0.05, 0) is 31.4 Å². The van der Waals surface area contributed by atoms with Crippen LogP contribution in [-0.4, -0.2) is 54.0 Å². The fraction of sp³-hybridized carbons (Fsp3) is 0.600. The van der Waals surface area contributed by atoms with Crippen LogP contribution in [0, 0.1) is 12.8 Å². The molecule has 3 heterocycles. The van der Waals surface area contributed by atoms with E-state index in [-0.39, 0.29) is 17.9 Å². The predicted molar refractivity (Wildman–Crippen MR) is 90.3 cm³/mol. The molecular weight excluding hydrogens is 318 g/mol. The van der Waals surface area contributed by atoms with Crippen molar-refractivity contribution in [1.82, 2.24) is 15.5 Å². The molecule has 0 radical (unpaired) electrons. The number of carbonyl (C=O) groups is 2. The minimum absolute atomic E-state index is 0.0104. The van der Waals surface area contributed by atoms with Gasteiger partial charge in [0.15, 0.2) is 0 Å². The van der Waals surface area contributed by atoms with Crippen molar-refractivity contribution in [3.63, 3.8) is 0 Å². The molecule has 7 heteroatoms. The molecule has 5 nitrogen and oxygen atoms in total. The molecule has 0 bridgehead atoms. The second-order valence-corrected chi connectivity index (χ2v) is 8.18. The number of thioether (sulfide) groups is 1. The molecule has 0 aromatic carbocycles. The Morgan fingerprint density at radius 1 is 1.45 bits per heavy atom. The van der Waals surface area contributed by atoms with Crippen LogP contribution in [0.2, 0.25) is 0 Å². The Kier molecular flexibility index (Phi) is 5.05. The van der Waals surface area contributed by atoms with E-state index < -0.39 is 0 Å². The van der Waals surface area contributed by atoms with Crippen molar-refractivity contribution in [2.24, 2.45) is 5.92 Å². The molecule has 2 N–H and O–H groups in total. The number of rotatable bonds is 4. The molecule has 2 atom stereocenters. The number of thiophene rings is 1. The number of amides is 2. The quantitative estimate of drug-likeness (QED) is 0.868. The summed E-state index contributed by atoms with van der Waals surface area (Å²) in [5.74, 6) is 2.39. The first-order chi connectivity index (χ1) is 10.6. The SMILES string of the molecule is Cc1ccc(C(=O)NC[C@@H]2CN[C@H](C(=O)N3CCSC3)C2)s1. The Morgan fingerprint density at radius 3 is 3.00 bits per heavy atom. The zero-order valence-electron chi connectivity index (χ0n) is 12.6. The average Bonchev–Trinajstić information content (AvgIpc) is 3.25. The van der Waals surface area contributed by atoms with Gasteiger partial charge in [-0.3, -0.25) is 9.59 Å². The molecule has 1 aromatic rings. The summed E-state index contributed by atoms with van der Waals surface area (Å²) in [7, 11) is 0. The molecule has 0 unspecified atom stereocenters. The van der Waals surface area contributed by atoms with Crippen molar-refractivity contribution in [1.29, 1.82) is 0 Å². The molecule has 2 amide bonds. The molecule has 2 saturated heterocycles. The lowest BCUT2D eigenvalue weighted by atomic mass is 10.0. The highest BCUT2D eigenvalue weighted by molar-refractivity contribution is 7.99. The third-order valence-corrected chi connectivity index (χ3v) is 6.06. The van der Waals surface area contributed by atoms with Gasteiger partial charge in [0.25, 0.3) is 5.91 Å². The molecule has 0 spiro atoms. The summed E-state index contributed by atoms with van der Waals surface area (Å²) in [5.41, 5.74) is 0. The zero-order valence-corrected chi connectivity index (χ0v) is 14.3. The summed E-state index contributed by atoms with van der Waals surface area (Å²) in [6, 6.07) is 3.74. The lowest BCUT2D eigenvalue weighted by molar-refractivity contribution is -0.131. The van der Waals surface area contributed by atoms with Crippen LogP contribution >= 0.6 is 23.1 Å². The third-order valence-electron chi connectivity index (χ3n) is 4.10. The van der Waals surface area contributed by atoms with E-state index in [4.69, 9.17) is 0 Å². The Morgan fingerprint density at radius 2 is 2.32 bits per heavy atom. The monoisotopic (exact) mass is 339 g/mol. The summed E-state index contributed by atoms with van der Waals surface area (Å²) in [4.78, 5) is 28.2. The number of nitrogens with zero attached hydrogens (tertiary/aromatic N) is 1. The van der Waals surface area contributed by atoms with Gasteiger partial charge in [0.1, 0.15) is 0 Å². The van der Waals surface area contributed by atoms with Gasteiger partial charge in [0.05, 0.1) is 16.8 Å². The summed E-state index contributed by atoms with van der Waals surface area (Å²) in [6.07, 6.45) is 0.809. The Balaban J connectivity index is 1.45. The van der Waals surface area contributed by atoms with Crippen molar-refractivity contribution < 1.29 is 9.59 Å². The zero-order chi connectivity index (χ0) is 15.5. The highest BCUT2D eigenvalue weighted by atomic mass is 32.2. The van der Waals surface area contributed by atoms with Crippen molar-refractivity contribution >= 4 is 34.9 Å². The highest BCUT2D eigenvalue weighted by Crippen LogP contribution is 2.20. The topological polar surface area (TPSA) is 61.4 Å². The van der Waals surface area contributed by atoms with E-state index in [1.165, 1.54) is 11.3 Å². The first-order valence-corrected chi connectivity index (χ1v) is 9.55. The van der Waals surface area contributed by atoms with Gasteiger partial charge in [-0.25, -0.2) is 0 Å². The van der Waals surface area contributed by atoms with E-state index in [9.17, 15) is 9.59 Å². The largest absolute Gasteiger partial charge is 0.351 e. The second kappa shape index (κ2) is 7.02. The fourth-order valence-electron chi connectivity index (χ4n) is 2.84. The first-order valence-electron chi connectivity index (χ1n) is 7.58. The number of aryl methyl sites for hydroxylation is 1. The van der Waals surface area contributed by atoms with Crippen molar-refractivity contribution in [2.45, 2.75) is 19.4 Å². The lowest BCUT2D eigenvalue weighted by Gasteiger charge is -2.19. The van der Waals surface area contributed by atoms with Crippen molar-refractivity contribution in [2.75, 3.05) is 31.3 Å². The molecule has 0 saturated carbocycles. The summed E-state index contributed by atoms with van der Waals surface area (Å²) in [5, 5.41) is 6.29. The Labute approximate surface area is 138 Å². The van der Waals surface area contributed by atoms with Gasteiger partial charge in [0, 0.05) is 30.3 Å². The van der Waals surface area contributed by atoms with E-state index in [0.29, 0.717) is 12.5 Å². The molecule has 3 rings (SSSR count). The normalized spacial score (nSPS) is 24.7. The van der Waals surface area contributed by atoms with Gasteiger partial charge in [-0.2, -0.15) is 0 Å². The molecule has 120 valence electrons. The van der Waals surface area contributed by atoms with E-state index >= 15 is 0 Å². The van der Waals surface area contributed by atoms with Crippen LogP contribution in [0.15, 0.2) is 12.1 Å². The summed E-state index contributed by atoms with van der Waals surface area (Å²) < 4.78 is 0. The van der Waals surface area contributed by atoms with Gasteiger partial charge in [-0.15, -0.1) is 23.1 Å². The smallest absolute Gasteiger partial charge is 0.261 e. The van der Waals surface area contributed by atoms with Crippen LogP contribution in [0.25, 0.3) is 0 Å². The molecule has 2 aliphatic heterocycles. The standard InChI is InChI=1S/C15H21N3O2S2/c1-10-2-3-13(22-10)14(19)17-8-11-6-12(16-7-11)15(20)18-4-5-21-9-18/h2-3,11-12,16H,4-9H2,1H3,(H,17,19)/t11-,12-/m0/s1. The first kappa shape index (κ1) is 15.8. The van der Waals surface area contributed by atoms with E-state index in [1.807, 2.05) is 24.0 Å². The maximum atomic E-state index is 12.3. The van der Waals surface area contributed by atoms with Crippen molar-refractivity contribution in [3.05, 3.63) is 21.9 Å². The minimum Gasteiger partial charge on any atom is -0.351 e. The number of nitrogens with one attached hydrogen (secondary N) is 2. The van der Waals surface area contributed by atoms with Crippen LogP contribution in [0.5, 0.6) is 0 Å². The molecule has 22 heavy (non-hydrogen) atoms. The lowest BCUT2D eigenvalue weighted by Crippen LogP contribution is -2.42. The van der Waals surface area contributed by atoms with E-state index in [0.717, 1.165) is 40.9 Å². The third kappa shape index (κ3) is 3.64. The molecule has 1 aromatic heterocycles. The van der Waals surface area contributed by atoms with Gasteiger partial charge in [-0.1, -0.05) is 0 Å². The molecule has 2 aliphatic rings. The molecule has 2 fully saturated rings. The van der Waals surface area contributed by atoms with Gasteiger partial charge >= 0.3 is 0 Å². The number of hydrogen-bond acceptors (Lipinski definition) is 5. The van der Waals surface area contributed by atoms with E-state index in [1.54, 1.807) is 11.8 Å². The van der Waals surface area contributed by atoms with Crippen molar-refractivity contribution in [3.8, 4) is 0 Å². The second-order valence-electron chi connectivity index (χ2n) is 5.82. The Hall–Kier alpha value is -1.05. The van der Waals surface area contributed by atoms with Gasteiger partial charge in [0.2, 0.25) is 5.91 Å². The number of carbonyl (C=O) groups excluding carboxylic acids is 2. The van der Waals surface area contributed by atoms with Crippen LogP contribution < -0.4 is 10.6 Å². The fourth-order valence-corrected chi connectivity index (χ4v) is 4.58. The van der Waals surface area contributed by atoms with Crippen LogP contribution in [0.1, 0.15) is 21.0 Å². The van der Waals surface area contributed by atoms with Crippen LogP contribution in [0.3, 0.4) is 0 Å². The Bertz CT molecular complexity index is 555. The average molecular weight is 339 g/mol. The maximum absolute atomic E-state index is 12.3. The number of hydrogen-bond donors (Lipinski definition) is 2. The molecule has 0 aliphatic carbocycles. The van der Waals surface area contributed by atoms with Crippen LogP contribution in [0.4, 0.5) is 0 Å². The predicted octanol–water partition coefficient (Wildman–Crippen LogP) is 1.30. The minimum atomic E-state index is -0.0791. The summed E-state index contributed by atoms with van der Waals surface area (Å²) >= 11 is 3.32. The molecular formula is C15H21N3O2S2. The maximum Gasteiger partial charge on any atom is 0.261 e. The van der Waals surface area contributed by atoms with Gasteiger partial charge < -0.3 is 15.5 Å².